The van der Waals surface area contributed by atoms with E-state index in [2.05, 4.69) is 41.9 Å². The summed E-state index contributed by atoms with van der Waals surface area (Å²) in [6.07, 6.45) is 4.13. The van der Waals surface area contributed by atoms with Gasteiger partial charge >= 0.3 is 0 Å². The molecule has 1 nitrogen and oxygen atoms in total. The largest absolute Gasteiger partial charge is 0.310 e. The molecule has 2 unspecified atom stereocenters. The molecular weight excluding hydrogens is 226 g/mol. The first kappa shape index (κ1) is 11.2. The van der Waals surface area contributed by atoms with Crippen LogP contribution in [0.1, 0.15) is 31.7 Å². The van der Waals surface area contributed by atoms with Crippen molar-refractivity contribution in [3.63, 3.8) is 0 Å². The molecule has 0 radical (unpaired) electrons. The van der Waals surface area contributed by atoms with Crippen molar-refractivity contribution >= 4 is 21.4 Å². The van der Waals surface area contributed by atoms with Gasteiger partial charge in [0.1, 0.15) is 0 Å². The zero-order valence-corrected chi connectivity index (χ0v) is 11.1. The molecule has 1 fully saturated rings. The monoisotopic (exact) mass is 245 g/mol. The van der Waals surface area contributed by atoms with Crippen molar-refractivity contribution in [3.05, 3.63) is 35.2 Å². The number of nitrogens with one attached hydrogen (secondary N) is 1. The highest BCUT2D eigenvalue weighted by molar-refractivity contribution is 7.17. The van der Waals surface area contributed by atoms with Crippen LogP contribution in [0.4, 0.5) is 0 Å². The quantitative estimate of drug-likeness (QED) is 0.855. The minimum absolute atomic E-state index is 0.730. The Morgan fingerprint density at radius 3 is 3.00 bits per heavy atom. The summed E-state index contributed by atoms with van der Waals surface area (Å²) in [4.78, 5) is 0. The Kier molecular flexibility index (Phi) is 3.17. The minimum Gasteiger partial charge on any atom is -0.310 e. The van der Waals surface area contributed by atoms with Crippen molar-refractivity contribution in [1.29, 1.82) is 0 Å². The topological polar surface area (TPSA) is 12.0 Å². The van der Waals surface area contributed by atoms with Gasteiger partial charge < -0.3 is 5.32 Å². The SMILES string of the molecule is CC1CCCC1NCc1csc2ccccc12. The fourth-order valence-electron chi connectivity index (χ4n) is 2.86. The van der Waals surface area contributed by atoms with Gasteiger partial charge in [-0.15, -0.1) is 11.3 Å². The summed E-state index contributed by atoms with van der Waals surface area (Å²) in [6, 6.07) is 9.43. The predicted octanol–water partition coefficient (Wildman–Crippen LogP) is 4.18. The molecule has 90 valence electrons. The van der Waals surface area contributed by atoms with Gasteiger partial charge in [-0.25, -0.2) is 0 Å². The summed E-state index contributed by atoms with van der Waals surface area (Å²) in [5, 5.41) is 7.46. The molecule has 1 aromatic heterocycles. The van der Waals surface area contributed by atoms with Gasteiger partial charge in [0.25, 0.3) is 0 Å². The molecule has 1 aliphatic rings. The standard InChI is InChI=1S/C15H19NS/c1-11-5-4-7-14(11)16-9-12-10-17-15-8-3-2-6-13(12)15/h2-3,6,8,10-11,14,16H,4-5,7,9H2,1H3. The van der Waals surface area contributed by atoms with E-state index in [4.69, 9.17) is 0 Å². The Morgan fingerprint density at radius 2 is 2.18 bits per heavy atom. The molecule has 0 amide bonds. The number of benzene rings is 1. The number of hydrogen-bond acceptors (Lipinski definition) is 2. The van der Waals surface area contributed by atoms with Crippen molar-refractivity contribution in [1.82, 2.24) is 5.32 Å². The van der Waals surface area contributed by atoms with Crippen molar-refractivity contribution in [2.75, 3.05) is 0 Å². The summed E-state index contributed by atoms with van der Waals surface area (Å²) in [6.45, 7) is 3.40. The van der Waals surface area contributed by atoms with Crippen molar-refractivity contribution in [3.8, 4) is 0 Å². The van der Waals surface area contributed by atoms with Gasteiger partial charge in [-0.3, -0.25) is 0 Å². The van der Waals surface area contributed by atoms with Crippen LogP contribution in [0.3, 0.4) is 0 Å². The first-order valence-electron chi connectivity index (χ1n) is 6.53. The normalized spacial score (nSPS) is 24.5. The lowest BCUT2D eigenvalue weighted by Gasteiger charge is -2.16. The highest BCUT2D eigenvalue weighted by Crippen LogP contribution is 2.28. The third-order valence-corrected chi connectivity index (χ3v) is 4.99. The van der Waals surface area contributed by atoms with Gasteiger partial charge in [-0.2, -0.15) is 0 Å². The molecule has 0 saturated heterocycles. The zero-order valence-electron chi connectivity index (χ0n) is 10.3. The summed E-state index contributed by atoms with van der Waals surface area (Å²) < 4.78 is 1.41. The highest BCUT2D eigenvalue weighted by atomic mass is 32.1. The third kappa shape index (κ3) is 2.24. The average Bonchev–Trinajstić information content (AvgIpc) is 2.93. The summed E-state index contributed by atoms with van der Waals surface area (Å²) in [5.74, 6) is 0.847. The first-order valence-corrected chi connectivity index (χ1v) is 7.41. The number of thiophene rings is 1. The Hall–Kier alpha value is -0.860. The molecule has 1 heterocycles. The van der Waals surface area contributed by atoms with E-state index in [-0.39, 0.29) is 0 Å². The Labute approximate surface area is 107 Å². The Morgan fingerprint density at radius 1 is 1.29 bits per heavy atom. The second-order valence-electron chi connectivity index (χ2n) is 5.15. The van der Waals surface area contributed by atoms with E-state index in [1.165, 1.54) is 34.9 Å². The lowest BCUT2D eigenvalue weighted by atomic mass is 10.1. The van der Waals surface area contributed by atoms with E-state index in [1.54, 1.807) is 0 Å². The van der Waals surface area contributed by atoms with E-state index < -0.39 is 0 Å². The first-order chi connectivity index (χ1) is 8.34. The summed E-state index contributed by atoms with van der Waals surface area (Å²) in [5.41, 5.74) is 1.46. The summed E-state index contributed by atoms with van der Waals surface area (Å²) >= 11 is 1.86. The lowest BCUT2D eigenvalue weighted by molar-refractivity contribution is 0.427. The number of rotatable bonds is 3. The molecule has 0 aliphatic heterocycles. The zero-order chi connectivity index (χ0) is 11.7. The Bertz CT molecular complexity index is 502. The van der Waals surface area contributed by atoms with Gasteiger partial charge in [-0.1, -0.05) is 31.5 Å². The number of fused-ring (bicyclic) bond motifs is 1. The molecule has 1 aromatic carbocycles. The van der Waals surface area contributed by atoms with Crippen LogP contribution >= 0.6 is 11.3 Å². The van der Waals surface area contributed by atoms with Crippen LogP contribution in [-0.4, -0.2) is 6.04 Å². The minimum atomic E-state index is 0.730. The van der Waals surface area contributed by atoms with Crippen LogP contribution in [0.25, 0.3) is 10.1 Å². The molecule has 0 spiro atoms. The van der Waals surface area contributed by atoms with Crippen LogP contribution < -0.4 is 5.32 Å². The average molecular weight is 245 g/mol. The third-order valence-electron chi connectivity index (χ3n) is 3.98. The van der Waals surface area contributed by atoms with Crippen LogP contribution in [0.2, 0.25) is 0 Å². The van der Waals surface area contributed by atoms with Crippen LogP contribution in [0.15, 0.2) is 29.6 Å². The molecule has 2 aromatic rings. The van der Waals surface area contributed by atoms with Crippen molar-refractivity contribution in [2.45, 2.75) is 38.8 Å². The number of hydrogen-bond donors (Lipinski definition) is 1. The van der Waals surface area contributed by atoms with E-state index in [1.807, 2.05) is 11.3 Å². The fraction of sp³-hybridized carbons (Fsp3) is 0.467. The van der Waals surface area contributed by atoms with E-state index >= 15 is 0 Å². The van der Waals surface area contributed by atoms with Gasteiger partial charge in [0, 0.05) is 17.3 Å². The molecular formula is C15H19NS. The highest BCUT2D eigenvalue weighted by Gasteiger charge is 2.22. The maximum Gasteiger partial charge on any atom is 0.0346 e. The molecule has 2 atom stereocenters. The Balaban J connectivity index is 1.72. The maximum atomic E-state index is 3.73. The lowest BCUT2D eigenvalue weighted by Crippen LogP contribution is -2.30. The fourth-order valence-corrected chi connectivity index (χ4v) is 3.82. The van der Waals surface area contributed by atoms with E-state index in [0.29, 0.717) is 0 Å². The van der Waals surface area contributed by atoms with Gasteiger partial charge in [0.05, 0.1) is 0 Å². The molecule has 1 aliphatic carbocycles. The maximum absolute atomic E-state index is 3.73. The van der Waals surface area contributed by atoms with Crippen LogP contribution in [0, 0.1) is 5.92 Å². The van der Waals surface area contributed by atoms with Crippen LogP contribution in [-0.2, 0) is 6.54 Å². The van der Waals surface area contributed by atoms with E-state index in [9.17, 15) is 0 Å². The van der Waals surface area contributed by atoms with E-state index in [0.717, 1.165) is 18.5 Å². The van der Waals surface area contributed by atoms with Gasteiger partial charge in [0.2, 0.25) is 0 Å². The molecule has 2 heteroatoms. The van der Waals surface area contributed by atoms with Crippen molar-refractivity contribution < 1.29 is 0 Å². The van der Waals surface area contributed by atoms with Crippen molar-refractivity contribution in [2.24, 2.45) is 5.92 Å². The van der Waals surface area contributed by atoms with Crippen LogP contribution in [0.5, 0.6) is 0 Å². The smallest absolute Gasteiger partial charge is 0.0346 e. The second kappa shape index (κ2) is 4.79. The predicted molar refractivity (Wildman–Crippen MR) is 75.5 cm³/mol. The molecule has 17 heavy (non-hydrogen) atoms. The molecule has 0 bridgehead atoms. The molecule has 1 saturated carbocycles. The summed E-state index contributed by atoms with van der Waals surface area (Å²) in [7, 11) is 0. The molecule has 3 rings (SSSR count). The molecule has 1 N–H and O–H groups in total. The van der Waals surface area contributed by atoms with Gasteiger partial charge in [-0.05, 0) is 41.2 Å². The van der Waals surface area contributed by atoms with Gasteiger partial charge in [0.15, 0.2) is 0 Å². The second-order valence-corrected chi connectivity index (χ2v) is 6.06.